The molecule has 32 heavy (non-hydrogen) atoms. The normalized spacial score (nSPS) is 25.2. The van der Waals surface area contributed by atoms with Gasteiger partial charge in [0.15, 0.2) is 17.2 Å². The molecule has 1 aromatic heterocycles. The van der Waals surface area contributed by atoms with Crippen LogP contribution in [0, 0.1) is 11.8 Å². The van der Waals surface area contributed by atoms with E-state index in [1.165, 1.54) is 12.5 Å². The van der Waals surface area contributed by atoms with Gasteiger partial charge in [0.05, 0.1) is 24.2 Å². The smallest absolute Gasteiger partial charge is 0.298 e. The summed E-state index contributed by atoms with van der Waals surface area (Å²) in [6.45, 7) is 5.20. The molecule has 0 bridgehead atoms. The van der Waals surface area contributed by atoms with Crippen LogP contribution < -0.4 is 15.0 Å². The van der Waals surface area contributed by atoms with Crippen molar-refractivity contribution >= 4 is 29.2 Å². The maximum atomic E-state index is 12.9. The lowest BCUT2D eigenvalue weighted by molar-refractivity contribution is -0.0191. The maximum absolute atomic E-state index is 12.9. The number of aromatic hydroxyl groups is 1. The van der Waals surface area contributed by atoms with Gasteiger partial charge in [-0.3, -0.25) is 4.79 Å². The van der Waals surface area contributed by atoms with E-state index in [2.05, 4.69) is 10.3 Å². The molecule has 1 aliphatic heterocycles. The number of nitrogens with one attached hydrogen (secondary N) is 1. The van der Waals surface area contributed by atoms with E-state index in [9.17, 15) is 9.90 Å². The number of phenols is 1. The van der Waals surface area contributed by atoms with Crippen LogP contribution in [0.25, 0.3) is 0 Å². The Kier molecular flexibility index (Phi) is 5.25. The standard InChI is InChI=1S/C23H28ClN3O5/c1-4-18-19(26-22(32-18)27-10-23(2,11-27)30-3)21(29)25-14-8-16(24)20(17(28)9-14)31-15-6-12-5-13(12)7-15/h8-9,12-13,15,28H,4-7,10-11H2,1-3H3,(H,25,29). The first-order chi connectivity index (χ1) is 15.3. The van der Waals surface area contributed by atoms with E-state index in [-0.39, 0.29) is 33.9 Å². The highest BCUT2D eigenvalue weighted by Crippen LogP contribution is 2.53. The fourth-order valence-corrected chi connectivity index (χ4v) is 5.06. The lowest BCUT2D eigenvalue weighted by Gasteiger charge is -2.45. The molecular formula is C23H28ClN3O5. The van der Waals surface area contributed by atoms with E-state index in [4.69, 9.17) is 25.5 Å². The average Bonchev–Trinajstić information content (AvgIpc) is 3.15. The summed E-state index contributed by atoms with van der Waals surface area (Å²) in [4.78, 5) is 19.3. The summed E-state index contributed by atoms with van der Waals surface area (Å²) in [5.74, 6) is 1.78. The molecule has 5 rings (SSSR count). The molecule has 2 atom stereocenters. The van der Waals surface area contributed by atoms with Crippen LogP contribution in [0.3, 0.4) is 0 Å². The molecule has 172 valence electrons. The minimum absolute atomic E-state index is 0.0877. The summed E-state index contributed by atoms with van der Waals surface area (Å²) < 4.78 is 17.2. The monoisotopic (exact) mass is 461 g/mol. The quantitative estimate of drug-likeness (QED) is 0.636. The number of hydrogen-bond donors (Lipinski definition) is 2. The van der Waals surface area contributed by atoms with Crippen molar-refractivity contribution in [2.75, 3.05) is 30.4 Å². The molecule has 0 radical (unpaired) electrons. The number of nitrogens with zero attached hydrogens (tertiary/aromatic N) is 2. The number of benzene rings is 1. The molecule has 1 saturated heterocycles. The Morgan fingerprint density at radius 3 is 2.69 bits per heavy atom. The Morgan fingerprint density at radius 1 is 1.34 bits per heavy atom. The van der Waals surface area contributed by atoms with E-state index in [1.54, 1.807) is 13.2 Å². The molecule has 2 unspecified atom stereocenters. The van der Waals surface area contributed by atoms with E-state index in [0.29, 0.717) is 37.0 Å². The van der Waals surface area contributed by atoms with Gasteiger partial charge in [-0.1, -0.05) is 18.5 Å². The summed E-state index contributed by atoms with van der Waals surface area (Å²) in [7, 11) is 1.68. The van der Waals surface area contributed by atoms with Crippen LogP contribution in [0.5, 0.6) is 11.5 Å². The minimum atomic E-state index is -0.424. The number of oxazole rings is 1. The number of anilines is 2. The van der Waals surface area contributed by atoms with Gasteiger partial charge in [0.25, 0.3) is 11.9 Å². The molecule has 8 nitrogen and oxygen atoms in total. The second-order valence-electron chi connectivity index (χ2n) is 9.36. The third kappa shape index (κ3) is 3.90. The Morgan fingerprint density at radius 2 is 2.06 bits per heavy atom. The van der Waals surface area contributed by atoms with Crippen LogP contribution in [0.1, 0.15) is 49.4 Å². The van der Waals surface area contributed by atoms with E-state index in [1.807, 2.05) is 18.7 Å². The number of methoxy groups -OCH3 is 1. The topological polar surface area (TPSA) is 97.1 Å². The van der Waals surface area contributed by atoms with Crippen LogP contribution in [0.4, 0.5) is 11.7 Å². The number of halogens is 1. The van der Waals surface area contributed by atoms with Crippen molar-refractivity contribution in [3.05, 3.63) is 28.6 Å². The average molecular weight is 462 g/mol. The molecule has 2 N–H and O–H groups in total. The van der Waals surface area contributed by atoms with Gasteiger partial charge in [-0.25, -0.2) is 0 Å². The highest BCUT2D eigenvalue weighted by atomic mass is 35.5. The number of aromatic nitrogens is 1. The number of phenolic OH excluding ortho intramolecular Hbond substituents is 1. The van der Waals surface area contributed by atoms with Gasteiger partial charge in [0.1, 0.15) is 11.4 Å². The van der Waals surface area contributed by atoms with Crippen molar-refractivity contribution in [2.45, 2.75) is 51.2 Å². The first-order valence-corrected chi connectivity index (χ1v) is 11.5. The van der Waals surface area contributed by atoms with Crippen molar-refractivity contribution in [3.63, 3.8) is 0 Å². The van der Waals surface area contributed by atoms with Gasteiger partial charge < -0.3 is 29.2 Å². The number of rotatable bonds is 7. The summed E-state index contributed by atoms with van der Waals surface area (Å²) in [6, 6.07) is 3.43. The van der Waals surface area contributed by atoms with Crippen molar-refractivity contribution < 1.29 is 23.8 Å². The molecule has 1 aromatic carbocycles. The van der Waals surface area contributed by atoms with Crippen LogP contribution in [0.2, 0.25) is 5.02 Å². The van der Waals surface area contributed by atoms with Crippen molar-refractivity contribution in [1.29, 1.82) is 0 Å². The van der Waals surface area contributed by atoms with Gasteiger partial charge in [-0.05, 0) is 44.1 Å². The first kappa shape index (κ1) is 21.4. The number of ether oxygens (including phenoxy) is 2. The second-order valence-corrected chi connectivity index (χ2v) is 9.77. The van der Waals surface area contributed by atoms with Crippen molar-refractivity contribution in [1.82, 2.24) is 4.98 Å². The zero-order valence-electron chi connectivity index (χ0n) is 18.5. The Bertz CT molecular complexity index is 1020. The lowest BCUT2D eigenvalue weighted by atomic mass is 9.97. The number of carbonyl (C=O) groups excluding carboxylic acids is 1. The third-order valence-corrected chi connectivity index (χ3v) is 7.08. The molecular weight excluding hydrogens is 434 g/mol. The van der Waals surface area contributed by atoms with Crippen LogP contribution in [-0.2, 0) is 11.2 Å². The predicted molar refractivity (Wildman–Crippen MR) is 120 cm³/mol. The molecule has 2 aromatic rings. The van der Waals surface area contributed by atoms with Gasteiger partial charge >= 0.3 is 0 Å². The number of carbonyl (C=O) groups is 1. The maximum Gasteiger partial charge on any atom is 0.298 e. The van der Waals surface area contributed by atoms with Gasteiger partial charge in [0.2, 0.25) is 0 Å². The molecule has 1 amide bonds. The zero-order chi connectivity index (χ0) is 22.6. The van der Waals surface area contributed by atoms with Crippen LogP contribution in [0.15, 0.2) is 16.5 Å². The third-order valence-electron chi connectivity index (χ3n) is 6.80. The fourth-order valence-electron chi connectivity index (χ4n) is 4.80. The molecule has 2 heterocycles. The molecule has 2 aliphatic carbocycles. The fraction of sp³-hybridized carbons (Fsp3) is 0.565. The molecule has 3 aliphatic rings. The second kappa shape index (κ2) is 7.85. The SMILES string of the molecule is CCc1oc(N2CC(C)(OC)C2)nc1C(=O)Nc1cc(O)c(OC2CC3CC3C2)c(Cl)c1. The van der Waals surface area contributed by atoms with Crippen molar-refractivity contribution in [3.8, 4) is 11.5 Å². The van der Waals surface area contributed by atoms with Crippen molar-refractivity contribution in [2.24, 2.45) is 11.8 Å². The molecule has 0 spiro atoms. The summed E-state index contributed by atoms with van der Waals surface area (Å²) in [6.07, 6.45) is 3.91. The highest BCUT2D eigenvalue weighted by molar-refractivity contribution is 6.32. The van der Waals surface area contributed by atoms with Crippen LogP contribution >= 0.6 is 11.6 Å². The van der Waals surface area contributed by atoms with Gasteiger partial charge in [-0.15, -0.1) is 0 Å². The summed E-state index contributed by atoms with van der Waals surface area (Å²) >= 11 is 6.37. The zero-order valence-corrected chi connectivity index (χ0v) is 19.2. The molecule has 2 saturated carbocycles. The van der Waals surface area contributed by atoms with Gasteiger partial charge in [0, 0.05) is 25.3 Å². The summed E-state index contributed by atoms with van der Waals surface area (Å²) in [5, 5.41) is 13.5. The number of amides is 1. The highest BCUT2D eigenvalue weighted by Gasteiger charge is 2.47. The van der Waals surface area contributed by atoms with Gasteiger partial charge in [-0.2, -0.15) is 4.98 Å². The van der Waals surface area contributed by atoms with Crippen LogP contribution in [-0.4, -0.2) is 47.9 Å². The number of hydrogen-bond acceptors (Lipinski definition) is 7. The Balaban J connectivity index is 1.28. The lowest BCUT2D eigenvalue weighted by Crippen LogP contribution is -2.61. The Hall–Kier alpha value is -2.45. The number of fused-ring (bicyclic) bond motifs is 1. The molecule has 3 fully saturated rings. The first-order valence-electron chi connectivity index (χ1n) is 11.1. The Labute approximate surface area is 191 Å². The summed E-state index contributed by atoms with van der Waals surface area (Å²) in [5.41, 5.74) is 0.344. The number of aryl methyl sites for hydroxylation is 1. The van der Waals surface area contributed by atoms with E-state index >= 15 is 0 Å². The molecule has 9 heteroatoms. The van der Waals surface area contributed by atoms with E-state index in [0.717, 1.165) is 24.7 Å². The largest absolute Gasteiger partial charge is 0.504 e. The predicted octanol–water partition coefficient (Wildman–Crippen LogP) is 4.25. The van der Waals surface area contributed by atoms with E-state index < -0.39 is 5.91 Å². The minimum Gasteiger partial charge on any atom is -0.504 e.